The van der Waals surface area contributed by atoms with Gasteiger partial charge in [0.2, 0.25) is 0 Å². The molecule has 1 unspecified atom stereocenters. The summed E-state index contributed by atoms with van der Waals surface area (Å²) in [5, 5.41) is 10.6. The second-order valence-electron chi connectivity index (χ2n) is 4.61. The zero-order valence-electron chi connectivity index (χ0n) is 11.2. The fraction of sp³-hybridized carbons (Fsp3) is 0.917. The third-order valence-electron chi connectivity index (χ3n) is 3.26. The SMILES string of the molecule is CCOC(=O)C[C@@](C)(O)[C@]1(CC)SCCCS1=O. The second kappa shape index (κ2) is 6.39. The number of esters is 1. The second-order valence-corrected chi connectivity index (χ2v) is 8.06. The molecule has 0 spiro atoms. The van der Waals surface area contributed by atoms with Crippen molar-refractivity contribution < 1.29 is 18.8 Å². The average molecular weight is 294 g/mol. The molecule has 0 bridgehead atoms. The summed E-state index contributed by atoms with van der Waals surface area (Å²) in [5.74, 6) is 1.04. The van der Waals surface area contributed by atoms with E-state index in [9.17, 15) is 14.1 Å². The van der Waals surface area contributed by atoms with E-state index < -0.39 is 26.4 Å². The van der Waals surface area contributed by atoms with Gasteiger partial charge in [-0.25, -0.2) is 0 Å². The van der Waals surface area contributed by atoms with Crippen LogP contribution in [-0.2, 0) is 20.3 Å². The molecule has 6 heteroatoms. The number of carbonyl (C=O) groups excluding carboxylic acids is 1. The highest BCUT2D eigenvalue weighted by Gasteiger charge is 2.53. The lowest BCUT2D eigenvalue weighted by molar-refractivity contribution is -0.148. The highest BCUT2D eigenvalue weighted by Crippen LogP contribution is 2.47. The van der Waals surface area contributed by atoms with Gasteiger partial charge >= 0.3 is 5.97 Å². The maximum Gasteiger partial charge on any atom is 0.308 e. The standard InChI is InChI=1S/C12H22O4S2/c1-4-12(17-7-6-8-18(12)15)11(3,14)9-10(13)16-5-2/h14H,4-9H2,1-3H3/t11-,12-,18?/m1/s1. The Morgan fingerprint density at radius 1 is 1.56 bits per heavy atom. The van der Waals surface area contributed by atoms with Crippen LogP contribution < -0.4 is 0 Å². The zero-order valence-corrected chi connectivity index (χ0v) is 12.9. The first kappa shape index (κ1) is 16.0. The van der Waals surface area contributed by atoms with Crippen molar-refractivity contribution in [2.45, 2.75) is 49.7 Å². The molecule has 1 aliphatic rings. The van der Waals surface area contributed by atoms with Crippen molar-refractivity contribution in [2.24, 2.45) is 0 Å². The van der Waals surface area contributed by atoms with E-state index in [0.717, 1.165) is 12.2 Å². The number of rotatable bonds is 5. The van der Waals surface area contributed by atoms with E-state index in [1.807, 2.05) is 6.92 Å². The Balaban J connectivity index is 2.90. The topological polar surface area (TPSA) is 63.6 Å². The Morgan fingerprint density at radius 2 is 2.22 bits per heavy atom. The van der Waals surface area contributed by atoms with Gasteiger partial charge in [0.15, 0.2) is 0 Å². The lowest BCUT2D eigenvalue weighted by atomic mass is 9.95. The summed E-state index contributed by atoms with van der Waals surface area (Å²) in [7, 11) is -1.12. The number of carbonyl (C=O) groups is 1. The molecule has 1 N–H and O–H groups in total. The summed E-state index contributed by atoms with van der Waals surface area (Å²) in [6.45, 7) is 5.54. The van der Waals surface area contributed by atoms with Crippen molar-refractivity contribution in [2.75, 3.05) is 18.1 Å². The van der Waals surface area contributed by atoms with Crippen LogP contribution in [0, 0.1) is 0 Å². The van der Waals surface area contributed by atoms with Gasteiger partial charge in [0.1, 0.15) is 4.08 Å². The molecule has 106 valence electrons. The molecule has 0 aromatic rings. The minimum Gasteiger partial charge on any atom is -0.466 e. The fourth-order valence-electron chi connectivity index (χ4n) is 2.33. The lowest BCUT2D eigenvalue weighted by Crippen LogP contribution is -2.55. The van der Waals surface area contributed by atoms with E-state index in [1.165, 1.54) is 11.8 Å². The van der Waals surface area contributed by atoms with E-state index in [0.29, 0.717) is 18.8 Å². The van der Waals surface area contributed by atoms with E-state index >= 15 is 0 Å². The van der Waals surface area contributed by atoms with Crippen LogP contribution in [0.5, 0.6) is 0 Å². The first-order valence-electron chi connectivity index (χ1n) is 6.30. The lowest BCUT2D eigenvalue weighted by Gasteiger charge is -2.45. The number of hydrogen-bond donors (Lipinski definition) is 1. The molecule has 0 amide bonds. The van der Waals surface area contributed by atoms with Crippen molar-refractivity contribution in [3.8, 4) is 0 Å². The molecule has 18 heavy (non-hydrogen) atoms. The first-order chi connectivity index (χ1) is 8.39. The summed E-state index contributed by atoms with van der Waals surface area (Å²) in [5.41, 5.74) is -1.30. The molecule has 0 aliphatic carbocycles. The molecular weight excluding hydrogens is 272 g/mol. The molecule has 1 rings (SSSR count). The van der Waals surface area contributed by atoms with Gasteiger partial charge in [-0.3, -0.25) is 9.00 Å². The molecular formula is C12H22O4S2. The average Bonchev–Trinajstić information content (AvgIpc) is 2.29. The van der Waals surface area contributed by atoms with Gasteiger partial charge in [0.25, 0.3) is 0 Å². The van der Waals surface area contributed by atoms with Crippen molar-refractivity contribution >= 4 is 28.5 Å². The van der Waals surface area contributed by atoms with Crippen molar-refractivity contribution in [1.82, 2.24) is 0 Å². The van der Waals surface area contributed by atoms with Gasteiger partial charge in [0.05, 0.1) is 18.6 Å². The van der Waals surface area contributed by atoms with Gasteiger partial charge < -0.3 is 9.84 Å². The van der Waals surface area contributed by atoms with E-state index in [4.69, 9.17) is 4.74 Å². The molecule has 1 heterocycles. The number of aliphatic hydroxyl groups is 1. The summed E-state index contributed by atoms with van der Waals surface area (Å²) in [6, 6.07) is 0. The highest BCUT2D eigenvalue weighted by atomic mass is 32.2. The largest absolute Gasteiger partial charge is 0.466 e. The van der Waals surface area contributed by atoms with Gasteiger partial charge in [-0.05, 0) is 32.4 Å². The van der Waals surface area contributed by atoms with Crippen LogP contribution in [0.3, 0.4) is 0 Å². The monoisotopic (exact) mass is 294 g/mol. The Labute approximate surface area is 115 Å². The predicted octanol–water partition coefficient (Wildman–Crippen LogP) is 1.68. The Bertz CT molecular complexity index is 330. The quantitative estimate of drug-likeness (QED) is 0.782. The van der Waals surface area contributed by atoms with E-state index in [2.05, 4.69) is 0 Å². The summed E-state index contributed by atoms with van der Waals surface area (Å²) >= 11 is 1.53. The van der Waals surface area contributed by atoms with E-state index in [-0.39, 0.29) is 6.42 Å². The zero-order chi connectivity index (χ0) is 13.8. The third-order valence-corrected chi connectivity index (χ3v) is 7.98. The summed E-state index contributed by atoms with van der Waals surface area (Å²) in [4.78, 5) is 11.6. The molecule has 0 aromatic carbocycles. The van der Waals surface area contributed by atoms with Gasteiger partial charge in [-0.15, -0.1) is 11.8 Å². The first-order valence-corrected chi connectivity index (χ1v) is 8.60. The van der Waals surface area contributed by atoms with Crippen LogP contribution in [0.2, 0.25) is 0 Å². The van der Waals surface area contributed by atoms with Crippen molar-refractivity contribution in [3.05, 3.63) is 0 Å². The van der Waals surface area contributed by atoms with E-state index in [1.54, 1.807) is 13.8 Å². The maximum atomic E-state index is 12.3. The Kier molecular flexibility index (Phi) is 5.67. The van der Waals surface area contributed by atoms with Crippen LogP contribution in [0.25, 0.3) is 0 Å². The molecule has 0 aromatic heterocycles. The normalized spacial score (nSPS) is 31.7. The van der Waals surface area contributed by atoms with Crippen molar-refractivity contribution in [1.29, 1.82) is 0 Å². The number of hydrogen-bond acceptors (Lipinski definition) is 5. The van der Waals surface area contributed by atoms with Gasteiger partial charge in [-0.2, -0.15) is 0 Å². The van der Waals surface area contributed by atoms with Crippen LogP contribution in [0.1, 0.15) is 40.0 Å². The summed E-state index contributed by atoms with van der Waals surface area (Å²) < 4.78 is 16.4. The van der Waals surface area contributed by atoms with Crippen LogP contribution >= 0.6 is 11.8 Å². The van der Waals surface area contributed by atoms with Crippen molar-refractivity contribution in [3.63, 3.8) is 0 Å². The van der Waals surface area contributed by atoms with Gasteiger partial charge in [-0.1, -0.05) is 6.92 Å². The van der Waals surface area contributed by atoms with Crippen LogP contribution in [0.15, 0.2) is 0 Å². The predicted molar refractivity (Wildman–Crippen MR) is 75.0 cm³/mol. The van der Waals surface area contributed by atoms with Gasteiger partial charge in [0, 0.05) is 16.6 Å². The minimum atomic E-state index is -1.30. The molecule has 1 aliphatic heterocycles. The fourth-order valence-corrected chi connectivity index (χ4v) is 6.37. The number of thioether (sulfide) groups is 1. The third kappa shape index (κ3) is 3.08. The Morgan fingerprint density at radius 3 is 2.72 bits per heavy atom. The van der Waals surface area contributed by atoms with Crippen LogP contribution in [-0.4, -0.2) is 43.1 Å². The highest BCUT2D eigenvalue weighted by molar-refractivity contribution is 8.13. The minimum absolute atomic E-state index is 0.104. The number of ether oxygens (including phenoxy) is 1. The smallest absolute Gasteiger partial charge is 0.308 e. The Hall–Kier alpha value is -0.0700. The maximum absolute atomic E-state index is 12.3. The van der Waals surface area contributed by atoms with Crippen LogP contribution in [0.4, 0.5) is 0 Å². The molecule has 3 atom stereocenters. The molecule has 4 nitrogen and oxygen atoms in total. The molecule has 1 fully saturated rings. The molecule has 0 saturated carbocycles. The molecule has 1 saturated heterocycles. The molecule has 0 radical (unpaired) electrons. The summed E-state index contributed by atoms with van der Waals surface area (Å²) in [6.07, 6.45) is 1.37.